The van der Waals surface area contributed by atoms with Crippen LogP contribution in [0.15, 0.2) is 60.7 Å². The number of carbonyl (C=O) groups is 2. The van der Waals surface area contributed by atoms with Crippen LogP contribution in [0.1, 0.15) is 22.3 Å². The summed E-state index contributed by atoms with van der Waals surface area (Å²) in [7, 11) is 0. The van der Waals surface area contributed by atoms with Crippen molar-refractivity contribution in [1.29, 1.82) is 0 Å². The predicted molar refractivity (Wildman–Crippen MR) is 106 cm³/mol. The van der Waals surface area contributed by atoms with Crippen LogP contribution in [0.2, 0.25) is 0 Å². The number of esters is 1. The SMILES string of the molecule is Cc1ccc(C)c(COC(=O)CNC(=O)Cc2cccc3ccccc23)c1. The molecule has 0 atom stereocenters. The third-order valence-corrected chi connectivity index (χ3v) is 4.55. The highest BCUT2D eigenvalue weighted by molar-refractivity contribution is 5.91. The molecule has 1 amide bonds. The van der Waals surface area contributed by atoms with Gasteiger partial charge in [-0.1, -0.05) is 66.2 Å². The summed E-state index contributed by atoms with van der Waals surface area (Å²) in [6, 6.07) is 19.8. The first-order valence-electron chi connectivity index (χ1n) is 8.98. The average molecular weight is 361 g/mol. The summed E-state index contributed by atoms with van der Waals surface area (Å²) in [5, 5.41) is 4.79. The Morgan fingerprint density at radius 2 is 1.70 bits per heavy atom. The molecule has 0 heterocycles. The van der Waals surface area contributed by atoms with Gasteiger partial charge in [0.25, 0.3) is 0 Å². The molecule has 0 bridgehead atoms. The minimum Gasteiger partial charge on any atom is -0.459 e. The number of fused-ring (bicyclic) bond motifs is 1. The molecule has 0 unspecified atom stereocenters. The Kier molecular flexibility index (Phi) is 5.87. The van der Waals surface area contributed by atoms with Gasteiger partial charge in [-0.15, -0.1) is 0 Å². The Hall–Kier alpha value is -3.14. The number of hydrogen-bond donors (Lipinski definition) is 1. The van der Waals surface area contributed by atoms with E-state index in [1.165, 1.54) is 0 Å². The lowest BCUT2D eigenvalue weighted by Crippen LogP contribution is -2.31. The maximum Gasteiger partial charge on any atom is 0.325 e. The molecule has 3 aromatic rings. The van der Waals surface area contributed by atoms with Gasteiger partial charge in [0.15, 0.2) is 0 Å². The van der Waals surface area contributed by atoms with Crippen molar-refractivity contribution in [3.63, 3.8) is 0 Å². The quantitative estimate of drug-likeness (QED) is 0.678. The molecule has 0 aliphatic rings. The van der Waals surface area contributed by atoms with Gasteiger partial charge < -0.3 is 10.1 Å². The van der Waals surface area contributed by atoms with Crippen molar-refractivity contribution in [1.82, 2.24) is 5.32 Å². The van der Waals surface area contributed by atoms with E-state index < -0.39 is 5.97 Å². The van der Waals surface area contributed by atoms with Gasteiger partial charge in [-0.25, -0.2) is 0 Å². The lowest BCUT2D eigenvalue weighted by Gasteiger charge is -2.10. The van der Waals surface area contributed by atoms with Crippen molar-refractivity contribution in [2.45, 2.75) is 26.9 Å². The molecule has 0 saturated heterocycles. The van der Waals surface area contributed by atoms with Gasteiger partial charge in [0.2, 0.25) is 5.91 Å². The molecule has 3 aromatic carbocycles. The Morgan fingerprint density at radius 1 is 0.926 bits per heavy atom. The van der Waals surface area contributed by atoms with E-state index >= 15 is 0 Å². The second-order valence-electron chi connectivity index (χ2n) is 6.68. The number of aryl methyl sites for hydroxylation is 2. The molecule has 0 aliphatic heterocycles. The van der Waals surface area contributed by atoms with Gasteiger partial charge in [0.1, 0.15) is 13.2 Å². The zero-order valence-corrected chi connectivity index (χ0v) is 15.6. The molecule has 0 saturated carbocycles. The zero-order chi connectivity index (χ0) is 19.2. The molecular formula is C23H23NO3. The molecule has 4 nitrogen and oxygen atoms in total. The first kappa shape index (κ1) is 18.6. The maximum absolute atomic E-state index is 12.2. The van der Waals surface area contributed by atoms with Crippen LogP contribution >= 0.6 is 0 Å². The van der Waals surface area contributed by atoms with Gasteiger partial charge in [0.05, 0.1) is 6.42 Å². The van der Waals surface area contributed by atoms with Crippen LogP contribution in [0.3, 0.4) is 0 Å². The lowest BCUT2D eigenvalue weighted by molar-refractivity contribution is -0.145. The molecule has 0 spiro atoms. The molecule has 4 heteroatoms. The van der Waals surface area contributed by atoms with Crippen molar-refractivity contribution in [3.05, 3.63) is 82.9 Å². The first-order valence-corrected chi connectivity index (χ1v) is 8.98. The lowest BCUT2D eigenvalue weighted by atomic mass is 10.0. The summed E-state index contributed by atoms with van der Waals surface area (Å²) in [6.07, 6.45) is 0.228. The second kappa shape index (κ2) is 8.49. The van der Waals surface area contributed by atoms with E-state index in [2.05, 4.69) is 5.32 Å². The van der Waals surface area contributed by atoms with E-state index in [1.54, 1.807) is 0 Å². The number of ether oxygens (including phenoxy) is 1. The van der Waals surface area contributed by atoms with Crippen LogP contribution in [0, 0.1) is 13.8 Å². The van der Waals surface area contributed by atoms with Gasteiger partial charge in [-0.05, 0) is 41.3 Å². The third-order valence-electron chi connectivity index (χ3n) is 4.55. The normalized spacial score (nSPS) is 10.6. The Labute approximate surface area is 159 Å². The number of benzene rings is 3. The van der Waals surface area contributed by atoms with E-state index in [1.807, 2.05) is 74.5 Å². The number of carbonyl (C=O) groups excluding carboxylic acids is 2. The summed E-state index contributed by atoms with van der Waals surface area (Å²) in [5.41, 5.74) is 4.11. The largest absolute Gasteiger partial charge is 0.459 e. The van der Waals surface area contributed by atoms with E-state index in [0.717, 1.165) is 33.0 Å². The fraction of sp³-hybridized carbons (Fsp3) is 0.217. The highest BCUT2D eigenvalue weighted by atomic mass is 16.5. The third kappa shape index (κ3) is 4.94. The van der Waals surface area contributed by atoms with E-state index in [9.17, 15) is 9.59 Å². The predicted octanol–water partition coefficient (Wildman–Crippen LogP) is 3.86. The summed E-state index contributed by atoms with van der Waals surface area (Å²) in [6.45, 7) is 4.06. The van der Waals surface area contributed by atoms with Gasteiger partial charge >= 0.3 is 5.97 Å². The molecule has 1 N–H and O–H groups in total. The summed E-state index contributed by atoms with van der Waals surface area (Å²) in [5.74, 6) is -0.641. The maximum atomic E-state index is 12.2. The fourth-order valence-corrected chi connectivity index (χ4v) is 3.02. The van der Waals surface area contributed by atoms with Crippen LogP contribution < -0.4 is 5.32 Å². The van der Waals surface area contributed by atoms with Crippen LogP contribution in [0.5, 0.6) is 0 Å². The minimum absolute atomic E-state index is 0.130. The van der Waals surface area contributed by atoms with Gasteiger partial charge in [-0.2, -0.15) is 0 Å². The standard InChI is InChI=1S/C23H23NO3/c1-16-10-11-17(2)20(12-16)15-27-23(26)14-24-22(25)13-19-8-5-7-18-6-3-4-9-21(18)19/h3-12H,13-15H2,1-2H3,(H,24,25). The second-order valence-corrected chi connectivity index (χ2v) is 6.68. The molecule has 0 aliphatic carbocycles. The monoisotopic (exact) mass is 361 g/mol. The molecule has 0 fully saturated rings. The van der Waals surface area contributed by atoms with Gasteiger partial charge in [-0.3, -0.25) is 9.59 Å². The number of amides is 1. The average Bonchev–Trinajstić information content (AvgIpc) is 2.67. The summed E-state index contributed by atoms with van der Waals surface area (Å²) < 4.78 is 5.28. The fourth-order valence-electron chi connectivity index (χ4n) is 3.02. The van der Waals surface area contributed by atoms with Crippen molar-refractivity contribution in [2.75, 3.05) is 6.54 Å². The molecule has 138 valence electrons. The van der Waals surface area contributed by atoms with Crippen molar-refractivity contribution in [2.24, 2.45) is 0 Å². The highest BCUT2D eigenvalue weighted by Crippen LogP contribution is 2.18. The van der Waals surface area contributed by atoms with Crippen LogP contribution in [-0.2, 0) is 27.4 Å². The topological polar surface area (TPSA) is 55.4 Å². The van der Waals surface area contributed by atoms with E-state index in [-0.39, 0.29) is 25.5 Å². The zero-order valence-electron chi connectivity index (χ0n) is 15.6. The Balaban J connectivity index is 1.51. The van der Waals surface area contributed by atoms with E-state index in [0.29, 0.717) is 0 Å². The minimum atomic E-state index is -0.442. The van der Waals surface area contributed by atoms with Gasteiger partial charge in [0, 0.05) is 0 Å². The smallest absolute Gasteiger partial charge is 0.325 e. The first-order chi connectivity index (χ1) is 13.0. The highest BCUT2D eigenvalue weighted by Gasteiger charge is 2.10. The summed E-state index contributed by atoms with van der Waals surface area (Å²) >= 11 is 0. The molecule has 3 rings (SSSR count). The van der Waals surface area contributed by atoms with Crippen LogP contribution in [0.25, 0.3) is 10.8 Å². The van der Waals surface area contributed by atoms with Crippen molar-refractivity contribution < 1.29 is 14.3 Å². The van der Waals surface area contributed by atoms with Crippen molar-refractivity contribution in [3.8, 4) is 0 Å². The van der Waals surface area contributed by atoms with E-state index in [4.69, 9.17) is 4.74 Å². The number of nitrogens with one attached hydrogen (secondary N) is 1. The number of hydrogen-bond acceptors (Lipinski definition) is 3. The van der Waals surface area contributed by atoms with Crippen LogP contribution in [-0.4, -0.2) is 18.4 Å². The Bertz CT molecular complexity index is 973. The van der Waals surface area contributed by atoms with Crippen LogP contribution in [0.4, 0.5) is 0 Å². The molecular weight excluding hydrogens is 338 g/mol. The molecule has 0 radical (unpaired) electrons. The molecule has 0 aromatic heterocycles. The Morgan fingerprint density at radius 3 is 2.56 bits per heavy atom. The molecule has 27 heavy (non-hydrogen) atoms. The number of rotatable bonds is 6. The summed E-state index contributed by atoms with van der Waals surface area (Å²) in [4.78, 5) is 24.2. The van der Waals surface area contributed by atoms with Crippen molar-refractivity contribution >= 4 is 22.6 Å².